The van der Waals surface area contributed by atoms with Crippen LogP contribution in [0.4, 0.5) is 5.69 Å². The molecule has 0 amide bonds. The van der Waals surface area contributed by atoms with Crippen molar-refractivity contribution in [2.75, 3.05) is 5.32 Å². The molecule has 3 aromatic carbocycles. The number of ether oxygens (including phenoxy) is 1. The lowest BCUT2D eigenvalue weighted by atomic mass is 10.1. The summed E-state index contributed by atoms with van der Waals surface area (Å²) in [6.07, 6.45) is 0. The van der Waals surface area contributed by atoms with E-state index in [1.165, 1.54) is 0 Å². The lowest BCUT2D eigenvalue weighted by Crippen LogP contribution is -2.01. The minimum Gasteiger partial charge on any atom is -0.489 e. The van der Waals surface area contributed by atoms with Gasteiger partial charge in [-0.05, 0) is 47.5 Å². The third-order valence-electron chi connectivity index (χ3n) is 3.94. The van der Waals surface area contributed by atoms with Crippen molar-refractivity contribution in [3.8, 4) is 5.75 Å². The summed E-state index contributed by atoms with van der Waals surface area (Å²) in [5, 5.41) is 14.0. The van der Waals surface area contributed by atoms with Crippen molar-refractivity contribution in [3.05, 3.63) is 95.6 Å². The maximum atomic E-state index is 7.51. The Morgan fingerprint density at radius 2 is 1.54 bits per heavy atom. The molecule has 3 aromatic rings. The van der Waals surface area contributed by atoms with Gasteiger partial charge in [-0.25, -0.2) is 5.53 Å². The third-order valence-corrected chi connectivity index (χ3v) is 3.94. The van der Waals surface area contributed by atoms with Crippen LogP contribution in [0.5, 0.6) is 5.75 Å². The number of anilines is 1. The standard InChI is InChI=1S/C21H20N4O/c22-21(25-23)18-8-10-19(11-9-18)24-14-16-6-12-20(13-7-16)26-15-17-4-2-1-3-5-17/h1-13,22-24H,14-15H2. The van der Waals surface area contributed by atoms with Gasteiger partial charge in [0.15, 0.2) is 5.84 Å². The molecule has 0 unspecified atom stereocenters. The van der Waals surface area contributed by atoms with Crippen LogP contribution in [-0.4, -0.2) is 5.84 Å². The second-order valence-corrected chi connectivity index (χ2v) is 5.81. The summed E-state index contributed by atoms with van der Waals surface area (Å²) < 4.78 is 5.79. The number of amidine groups is 1. The SMILES string of the molecule is N=NC(=N)c1ccc(NCc2ccc(OCc3ccccc3)cc2)cc1. The van der Waals surface area contributed by atoms with Gasteiger partial charge in [0.05, 0.1) is 0 Å². The average molecular weight is 344 g/mol. The Labute approximate surface area is 152 Å². The summed E-state index contributed by atoms with van der Waals surface area (Å²) in [6, 6.07) is 25.4. The fourth-order valence-corrected chi connectivity index (χ4v) is 2.46. The molecule has 5 nitrogen and oxygen atoms in total. The molecule has 0 aliphatic heterocycles. The molecule has 5 heteroatoms. The number of rotatable bonds is 7. The second-order valence-electron chi connectivity index (χ2n) is 5.81. The van der Waals surface area contributed by atoms with Crippen LogP contribution in [0.1, 0.15) is 16.7 Å². The summed E-state index contributed by atoms with van der Waals surface area (Å²) in [5.41, 5.74) is 10.7. The molecule has 0 bridgehead atoms. The first kappa shape index (κ1) is 17.4. The van der Waals surface area contributed by atoms with Gasteiger partial charge < -0.3 is 10.1 Å². The summed E-state index contributed by atoms with van der Waals surface area (Å²) in [7, 11) is 0. The van der Waals surface area contributed by atoms with Crippen LogP contribution in [0.15, 0.2) is 84.0 Å². The van der Waals surface area contributed by atoms with Crippen LogP contribution < -0.4 is 10.1 Å². The van der Waals surface area contributed by atoms with Crippen LogP contribution in [-0.2, 0) is 13.2 Å². The molecule has 0 aliphatic rings. The van der Waals surface area contributed by atoms with E-state index in [1.807, 2.05) is 66.7 Å². The van der Waals surface area contributed by atoms with Crippen molar-refractivity contribution in [3.63, 3.8) is 0 Å². The van der Waals surface area contributed by atoms with Gasteiger partial charge in [0.1, 0.15) is 12.4 Å². The van der Waals surface area contributed by atoms with E-state index in [9.17, 15) is 0 Å². The summed E-state index contributed by atoms with van der Waals surface area (Å²) in [6.45, 7) is 1.25. The van der Waals surface area contributed by atoms with Gasteiger partial charge in [0.2, 0.25) is 0 Å². The molecule has 0 atom stereocenters. The Bertz CT molecular complexity index is 859. The van der Waals surface area contributed by atoms with Crippen molar-refractivity contribution in [2.24, 2.45) is 5.11 Å². The maximum Gasteiger partial charge on any atom is 0.173 e. The molecule has 3 N–H and O–H groups in total. The quantitative estimate of drug-likeness (QED) is 0.311. The van der Waals surface area contributed by atoms with E-state index < -0.39 is 0 Å². The number of nitrogens with one attached hydrogen (secondary N) is 3. The van der Waals surface area contributed by atoms with E-state index in [4.69, 9.17) is 15.7 Å². The highest BCUT2D eigenvalue weighted by Crippen LogP contribution is 2.16. The Hall–Kier alpha value is -3.47. The molecule has 0 aliphatic carbocycles. The number of hydrogen-bond donors (Lipinski definition) is 3. The van der Waals surface area contributed by atoms with Crippen LogP contribution in [0, 0.1) is 10.9 Å². The highest BCUT2D eigenvalue weighted by molar-refractivity contribution is 5.96. The van der Waals surface area contributed by atoms with Crippen molar-refractivity contribution in [2.45, 2.75) is 13.2 Å². The van der Waals surface area contributed by atoms with E-state index in [1.54, 1.807) is 12.1 Å². The van der Waals surface area contributed by atoms with Gasteiger partial charge in [0, 0.05) is 17.8 Å². The van der Waals surface area contributed by atoms with Crippen LogP contribution in [0.25, 0.3) is 0 Å². The van der Waals surface area contributed by atoms with Gasteiger partial charge in [-0.15, -0.1) is 5.11 Å². The summed E-state index contributed by atoms with van der Waals surface area (Å²) >= 11 is 0. The minimum atomic E-state index is -0.0392. The highest BCUT2D eigenvalue weighted by atomic mass is 16.5. The first-order valence-electron chi connectivity index (χ1n) is 8.30. The average Bonchev–Trinajstić information content (AvgIpc) is 2.72. The summed E-state index contributed by atoms with van der Waals surface area (Å²) in [5.74, 6) is 0.808. The zero-order valence-corrected chi connectivity index (χ0v) is 14.3. The Kier molecular flexibility index (Phi) is 5.72. The topological polar surface area (TPSA) is 81.3 Å². The van der Waals surface area contributed by atoms with Crippen LogP contribution in [0.2, 0.25) is 0 Å². The van der Waals surface area contributed by atoms with Crippen molar-refractivity contribution in [1.82, 2.24) is 0 Å². The first-order valence-corrected chi connectivity index (χ1v) is 8.30. The van der Waals surface area contributed by atoms with E-state index in [0.29, 0.717) is 18.7 Å². The van der Waals surface area contributed by atoms with Gasteiger partial charge >= 0.3 is 0 Å². The predicted octanol–water partition coefficient (Wildman–Crippen LogP) is 5.23. The maximum absolute atomic E-state index is 7.51. The second kappa shape index (κ2) is 8.58. The van der Waals surface area contributed by atoms with E-state index in [-0.39, 0.29) is 5.84 Å². The predicted molar refractivity (Wildman–Crippen MR) is 103 cm³/mol. The first-order chi connectivity index (χ1) is 12.7. The minimum absolute atomic E-state index is 0.0392. The molecule has 0 spiro atoms. The van der Waals surface area contributed by atoms with Crippen LogP contribution in [0.3, 0.4) is 0 Å². The number of hydrogen-bond acceptors (Lipinski definition) is 4. The Morgan fingerprint density at radius 3 is 2.19 bits per heavy atom. The Balaban J connectivity index is 1.51. The van der Waals surface area contributed by atoms with E-state index >= 15 is 0 Å². The molecule has 0 radical (unpaired) electrons. The summed E-state index contributed by atoms with van der Waals surface area (Å²) in [4.78, 5) is 0. The van der Waals surface area contributed by atoms with Gasteiger partial charge in [-0.1, -0.05) is 42.5 Å². The van der Waals surface area contributed by atoms with Crippen molar-refractivity contribution >= 4 is 11.5 Å². The van der Waals surface area contributed by atoms with Gasteiger partial charge in [-0.3, -0.25) is 5.41 Å². The number of nitrogens with zero attached hydrogens (tertiary/aromatic N) is 1. The van der Waals surface area contributed by atoms with Crippen molar-refractivity contribution in [1.29, 1.82) is 10.9 Å². The van der Waals surface area contributed by atoms with Crippen LogP contribution >= 0.6 is 0 Å². The molecule has 0 aromatic heterocycles. The largest absolute Gasteiger partial charge is 0.489 e. The molecule has 0 saturated carbocycles. The normalized spacial score (nSPS) is 10.2. The lowest BCUT2D eigenvalue weighted by molar-refractivity contribution is 0.306. The molecule has 0 saturated heterocycles. The van der Waals surface area contributed by atoms with Gasteiger partial charge in [-0.2, -0.15) is 0 Å². The molecule has 26 heavy (non-hydrogen) atoms. The molecule has 0 heterocycles. The van der Waals surface area contributed by atoms with E-state index in [2.05, 4.69) is 10.4 Å². The van der Waals surface area contributed by atoms with Crippen molar-refractivity contribution < 1.29 is 4.74 Å². The lowest BCUT2D eigenvalue weighted by Gasteiger charge is -2.09. The zero-order valence-electron chi connectivity index (χ0n) is 14.3. The molecule has 3 rings (SSSR count). The zero-order chi connectivity index (χ0) is 18.2. The third kappa shape index (κ3) is 4.77. The molecular weight excluding hydrogens is 324 g/mol. The van der Waals surface area contributed by atoms with E-state index in [0.717, 1.165) is 22.6 Å². The molecule has 0 fully saturated rings. The number of benzene rings is 3. The molecule has 130 valence electrons. The monoisotopic (exact) mass is 344 g/mol. The molecular formula is C21H20N4O. The fourth-order valence-electron chi connectivity index (χ4n) is 2.46. The smallest absolute Gasteiger partial charge is 0.173 e. The fraction of sp³-hybridized carbons (Fsp3) is 0.0952. The van der Waals surface area contributed by atoms with Gasteiger partial charge in [0.25, 0.3) is 0 Å². The Morgan fingerprint density at radius 1 is 0.846 bits per heavy atom. The highest BCUT2D eigenvalue weighted by Gasteiger charge is 2.01.